The van der Waals surface area contributed by atoms with Gasteiger partial charge in [-0.2, -0.15) is 4.39 Å². The fourth-order valence-electron chi connectivity index (χ4n) is 0.885. The third kappa shape index (κ3) is 1.61. The maximum absolute atomic E-state index is 12.7. The number of nitro benzene ring substituents is 1. The van der Waals surface area contributed by atoms with E-state index >= 15 is 0 Å². The molecule has 0 aliphatic rings. The number of alkyl halides is 1. The van der Waals surface area contributed by atoms with Crippen molar-refractivity contribution in [1.82, 2.24) is 0 Å². The van der Waals surface area contributed by atoms with Gasteiger partial charge >= 0.3 is 5.69 Å². The Hall–Kier alpha value is -1.59. The molecule has 0 aliphatic heterocycles. The van der Waals surface area contributed by atoms with Crippen LogP contribution in [0.4, 0.5) is 18.9 Å². The predicted octanol–water partition coefficient (Wildman–Crippen LogP) is 2.34. The summed E-state index contributed by atoms with van der Waals surface area (Å²) in [5.41, 5.74) is -1.61. The molecule has 6 heteroatoms. The van der Waals surface area contributed by atoms with E-state index in [0.717, 1.165) is 6.07 Å². The second kappa shape index (κ2) is 3.42. The molecule has 0 saturated heterocycles. The lowest BCUT2D eigenvalue weighted by Gasteiger charge is -1.99. The number of nitrogens with zero attached hydrogens (tertiary/aromatic N) is 1. The normalized spacial score (nSPS) is 10.1. The van der Waals surface area contributed by atoms with Crippen molar-refractivity contribution in [2.45, 2.75) is 6.67 Å². The first-order chi connectivity index (χ1) is 6.07. The van der Waals surface area contributed by atoms with Crippen molar-refractivity contribution in [3.63, 3.8) is 0 Å². The molecular weight excluding hydrogens is 187 g/mol. The van der Waals surface area contributed by atoms with Crippen molar-refractivity contribution >= 4 is 5.69 Å². The fraction of sp³-hybridized carbons (Fsp3) is 0.143. The van der Waals surface area contributed by atoms with Gasteiger partial charge in [0.2, 0.25) is 5.82 Å². The van der Waals surface area contributed by atoms with E-state index in [2.05, 4.69) is 0 Å². The summed E-state index contributed by atoms with van der Waals surface area (Å²) in [6.45, 7) is -1.20. The standard InChI is InChI=1S/C7H4F3NO2/c8-3-4-1-2-5(9)6(10)7(4)11(12)13/h1-2H,3H2. The lowest BCUT2D eigenvalue weighted by molar-refractivity contribution is -0.388. The van der Waals surface area contributed by atoms with E-state index in [1.807, 2.05) is 0 Å². The van der Waals surface area contributed by atoms with E-state index in [4.69, 9.17) is 0 Å². The van der Waals surface area contributed by atoms with Crippen LogP contribution in [0.1, 0.15) is 5.56 Å². The van der Waals surface area contributed by atoms with Crippen molar-refractivity contribution in [3.8, 4) is 0 Å². The predicted molar refractivity (Wildman–Crippen MR) is 37.8 cm³/mol. The van der Waals surface area contributed by atoms with E-state index in [1.165, 1.54) is 0 Å². The molecule has 70 valence electrons. The maximum atomic E-state index is 12.7. The molecule has 13 heavy (non-hydrogen) atoms. The number of hydrogen-bond donors (Lipinski definition) is 0. The molecular formula is C7H4F3NO2. The van der Waals surface area contributed by atoms with Gasteiger partial charge in [-0.1, -0.05) is 0 Å². The zero-order valence-electron chi connectivity index (χ0n) is 6.26. The van der Waals surface area contributed by atoms with Gasteiger partial charge in [-0.05, 0) is 12.1 Å². The average Bonchev–Trinajstić information content (AvgIpc) is 2.08. The van der Waals surface area contributed by atoms with Gasteiger partial charge in [-0.25, -0.2) is 8.78 Å². The smallest absolute Gasteiger partial charge is 0.258 e. The molecule has 0 spiro atoms. The summed E-state index contributed by atoms with van der Waals surface area (Å²) >= 11 is 0. The van der Waals surface area contributed by atoms with Gasteiger partial charge in [0.25, 0.3) is 0 Å². The van der Waals surface area contributed by atoms with Crippen LogP contribution in [0.25, 0.3) is 0 Å². The van der Waals surface area contributed by atoms with Crippen LogP contribution in [0.2, 0.25) is 0 Å². The van der Waals surface area contributed by atoms with Crippen molar-refractivity contribution < 1.29 is 18.1 Å². The zero-order chi connectivity index (χ0) is 10.0. The second-order valence-corrected chi connectivity index (χ2v) is 2.26. The fourth-order valence-corrected chi connectivity index (χ4v) is 0.885. The van der Waals surface area contributed by atoms with Crippen molar-refractivity contribution in [3.05, 3.63) is 39.4 Å². The van der Waals surface area contributed by atoms with Gasteiger partial charge in [0.05, 0.1) is 10.5 Å². The van der Waals surface area contributed by atoms with Gasteiger partial charge in [0, 0.05) is 0 Å². The SMILES string of the molecule is O=[N+]([O-])c1c(CF)ccc(F)c1F. The number of nitro groups is 1. The summed E-state index contributed by atoms with van der Waals surface area (Å²) in [5, 5.41) is 10.2. The number of benzene rings is 1. The second-order valence-electron chi connectivity index (χ2n) is 2.26. The molecule has 0 fully saturated rings. The lowest BCUT2D eigenvalue weighted by atomic mass is 10.2. The topological polar surface area (TPSA) is 43.1 Å². The summed E-state index contributed by atoms with van der Waals surface area (Å²) in [7, 11) is 0. The first-order valence-electron chi connectivity index (χ1n) is 3.25. The van der Waals surface area contributed by atoms with Crippen LogP contribution in [0, 0.1) is 21.7 Å². The third-order valence-corrected chi connectivity index (χ3v) is 1.48. The molecule has 1 aromatic rings. The van der Waals surface area contributed by atoms with E-state index in [-0.39, 0.29) is 0 Å². The minimum absolute atomic E-state index is 0.469. The highest BCUT2D eigenvalue weighted by atomic mass is 19.2. The quantitative estimate of drug-likeness (QED) is 0.531. The lowest BCUT2D eigenvalue weighted by Crippen LogP contribution is -1.99. The maximum Gasteiger partial charge on any atom is 0.313 e. The van der Waals surface area contributed by atoms with Crippen molar-refractivity contribution in [2.24, 2.45) is 0 Å². The largest absolute Gasteiger partial charge is 0.313 e. The Morgan fingerprint density at radius 1 is 1.38 bits per heavy atom. The molecule has 0 atom stereocenters. The van der Waals surface area contributed by atoms with Crippen LogP contribution in [0.3, 0.4) is 0 Å². The van der Waals surface area contributed by atoms with Crippen LogP contribution in [0.5, 0.6) is 0 Å². The van der Waals surface area contributed by atoms with Crippen molar-refractivity contribution in [1.29, 1.82) is 0 Å². The molecule has 0 bridgehead atoms. The third-order valence-electron chi connectivity index (χ3n) is 1.48. The first-order valence-corrected chi connectivity index (χ1v) is 3.25. The minimum Gasteiger partial charge on any atom is -0.258 e. The molecule has 1 rings (SSSR count). The summed E-state index contributed by atoms with van der Waals surface area (Å²) in [5.74, 6) is -2.98. The average molecular weight is 191 g/mol. The number of rotatable bonds is 2. The molecule has 0 heterocycles. The van der Waals surface area contributed by atoms with Gasteiger partial charge in [-0.3, -0.25) is 10.1 Å². The highest BCUT2D eigenvalue weighted by Crippen LogP contribution is 2.25. The Kier molecular flexibility index (Phi) is 2.50. The summed E-state index contributed by atoms with van der Waals surface area (Å²) in [6, 6.07) is 1.49. The summed E-state index contributed by atoms with van der Waals surface area (Å²) in [6.07, 6.45) is 0. The molecule has 0 unspecified atom stereocenters. The molecule has 0 N–H and O–H groups in total. The first kappa shape index (κ1) is 9.50. The van der Waals surface area contributed by atoms with Crippen LogP contribution in [-0.4, -0.2) is 4.92 Å². The van der Waals surface area contributed by atoms with Crippen LogP contribution in [-0.2, 0) is 6.67 Å². The highest BCUT2D eigenvalue weighted by molar-refractivity contribution is 5.41. The molecule has 0 amide bonds. The molecule has 0 aliphatic carbocycles. The molecule has 0 radical (unpaired) electrons. The Labute approximate surface area is 70.9 Å². The monoisotopic (exact) mass is 191 g/mol. The van der Waals surface area contributed by atoms with E-state index in [9.17, 15) is 23.3 Å². The molecule has 0 aromatic heterocycles. The Bertz CT molecular complexity index is 354. The van der Waals surface area contributed by atoms with Gasteiger partial charge < -0.3 is 0 Å². The summed E-state index contributed by atoms with van der Waals surface area (Å²) < 4.78 is 37.2. The zero-order valence-corrected chi connectivity index (χ0v) is 6.26. The molecule has 1 aromatic carbocycles. The van der Waals surface area contributed by atoms with E-state index in [1.54, 1.807) is 0 Å². The van der Waals surface area contributed by atoms with Crippen LogP contribution >= 0.6 is 0 Å². The Balaban J connectivity index is 3.41. The van der Waals surface area contributed by atoms with Gasteiger partial charge in [0.1, 0.15) is 6.67 Å². The van der Waals surface area contributed by atoms with Crippen LogP contribution < -0.4 is 0 Å². The summed E-state index contributed by atoms with van der Waals surface area (Å²) in [4.78, 5) is 9.04. The number of hydrogen-bond acceptors (Lipinski definition) is 2. The molecule has 3 nitrogen and oxygen atoms in total. The Morgan fingerprint density at radius 3 is 2.46 bits per heavy atom. The highest BCUT2D eigenvalue weighted by Gasteiger charge is 2.23. The van der Waals surface area contributed by atoms with Gasteiger partial charge in [-0.15, -0.1) is 0 Å². The van der Waals surface area contributed by atoms with E-state index < -0.39 is 34.5 Å². The van der Waals surface area contributed by atoms with E-state index in [0.29, 0.717) is 6.07 Å². The Morgan fingerprint density at radius 2 is 2.00 bits per heavy atom. The van der Waals surface area contributed by atoms with Crippen LogP contribution in [0.15, 0.2) is 12.1 Å². The molecule has 0 saturated carbocycles. The van der Waals surface area contributed by atoms with Gasteiger partial charge in [0.15, 0.2) is 5.82 Å². The minimum atomic E-state index is -1.62. The van der Waals surface area contributed by atoms with Crippen molar-refractivity contribution in [2.75, 3.05) is 0 Å². The number of halogens is 3.